The van der Waals surface area contributed by atoms with E-state index in [0.717, 1.165) is 23.7 Å². The molecule has 0 spiro atoms. The van der Waals surface area contributed by atoms with E-state index in [1.807, 2.05) is 0 Å². The Morgan fingerprint density at radius 1 is 0.900 bits per heavy atom. The summed E-state index contributed by atoms with van der Waals surface area (Å²) in [5.74, 6) is 4.06. The van der Waals surface area contributed by atoms with Gasteiger partial charge in [0.15, 0.2) is 0 Å². The fourth-order valence-electron chi connectivity index (χ4n) is 3.82. The lowest BCUT2D eigenvalue weighted by Gasteiger charge is -2.24. The first-order valence-corrected chi connectivity index (χ1v) is 4.62. The molecule has 1 unspecified atom stereocenters. The summed E-state index contributed by atoms with van der Waals surface area (Å²) in [5, 5.41) is 0. The van der Waals surface area contributed by atoms with Gasteiger partial charge in [-0.1, -0.05) is 0 Å². The lowest BCUT2D eigenvalue weighted by molar-refractivity contribution is 0.293. The van der Waals surface area contributed by atoms with Gasteiger partial charge in [0.2, 0.25) is 0 Å². The minimum absolute atomic E-state index is 0.601. The standard InChI is InChI=1S/C9H15N/c10-9-6-3-5-1-2-7(9)8(5)4-6/h5-9H,1-4,10H2/t5-,6+,7-,8?,9+/m0/s1. The average Bonchev–Trinajstić information content (AvgIpc) is 2.43. The minimum Gasteiger partial charge on any atom is -0.327 e. The van der Waals surface area contributed by atoms with E-state index in [1.165, 1.54) is 25.7 Å². The predicted molar refractivity (Wildman–Crippen MR) is 40.4 cm³/mol. The van der Waals surface area contributed by atoms with E-state index >= 15 is 0 Å². The zero-order valence-electron chi connectivity index (χ0n) is 6.29. The molecule has 3 aliphatic carbocycles. The molecule has 0 aromatic rings. The maximum Gasteiger partial charge on any atom is 0.00985 e. The van der Waals surface area contributed by atoms with Gasteiger partial charge in [0.25, 0.3) is 0 Å². The summed E-state index contributed by atoms with van der Waals surface area (Å²) in [4.78, 5) is 0. The van der Waals surface area contributed by atoms with Crippen molar-refractivity contribution in [1.29, 1.82) is 0 Å². The first-order valence-electron chi connectivity index (χ1n) is 4.62. The topological polar surface area (TPSA) is 26.0 Å². The zero-order chi connectivity index (χ0) is 6.72. The highest BCUT2D eigenvalue weighted by Crippen LogP contribution is 2.58. The third-order valence-corrected chi connectivity index (χ3v) is 4.25. The Labute approximate surface area is 62.0 Å². The molecule has 2 N–H and O–H groups in total. The van der Waals surface area contributed by atoms with Crippen molar-refractivity contribution in [3.8, 4) is 0 Å². The van der Waals surface area contributed by atoms with Crippen molar-refractivity contribution in [3.63, 3.8) is 0 Å². The van der Waals surface area contributed by atoms with Gasteiger partial charge in [0.1, 0.15) is 0 Å². The molecule has 1 heteroatoms. The van der Waals surface area contributed by atoms with Gasteiger partial charge in [-0.15, -0.1) is 0 Å². The molecule has 3 aliphatic rings. The third kappa shape index (κ3) is 0.460. The van der Waals surface area contributed by atoms with Crippen molar-refractivity contribution >= 4 is 0 Å². The lowest BCUT2D eigenvalue weighted by atomic mass is 9.85. The number of fused-ring (bicyclic) bond motifs is 1. The van der Waals surface area contributed by atoms with Crippen LogP contribution < -0.4 is 5.73 Å². The Hall–Kier alpha value is -0.0400. The van der Waals surface area contributed by atoms with Crippen LogP contribution >= 0.6 is 0 Å². The smallest absolute Gasteiger partial charge is 0.00985 e. The van der Waals surface area contributed by atoms with Crippen molar-refractivity contribution in [1.82, 2.24) is 0 Å². The Bertz CT molecular complexity index is 164. The summed E-state index contributed by atoms with van der Waals surface area (Å²) in [6, 6.07) is 0.601. The molecule has 2 bridgehead atoms. The molecule has 0 heterocycles. The number of rotatable bonds is 0. The van der Waals surface area contributed by atoms with Gasteiger partial charge < -0.3 is 5.73 Å². The maximum atomic E-state index is 6.10. The van der Waals surface area contributed by atoms with E-state index in [2.05, 4.69) is 0 Å². The molecule has 0 saturated heterocycles. The second-order valence-corrected chi connectivity index (χ2v) is 4.47. The molecule has 0 aliphatic heterocycles. The van der Waals surface area contributed by atoms with E-state index in [1.54, 1.807) is 0 Å². The second-order valence-electron chi connectivity index (χ2n) is 4.47. The molecule has 3 saturated carbocycles. The fraction of sp³-hybridized carbons (Fsp3) is 1.00. The van der Waals surface area contributed by atoms with Crippen molar-refractivity contribution < 1.29 is 0 Å². The molecule has 3 rings (SSSR count). The Morgan fingerprint density at radius 2 is 1.80 bits per heavy atom. The van der Waals surface area contributed by atoms with Crippen LogP contribution in [0.25, 0.3) is 0 Å². The van der Waals surface area contributed by atoms with E-state index < -0.39 is 0 Å². The van der Waals surface area contributed by atoms with Gasteiger partial charge in [-0.05, 0) is 49.4 Å². The van der Waals surface area contributed by atoms with Crippen LogP contribution in [0, 0.1) is 23.7 Å². The highest BCUT2D eigenvalue weighted by atomic mass is 14.8. The number of hydrogen-bond donors (Lipinski definition) is 1. The SMILES string of the molecule is N[C@@H]1[C@H]2CC3[C@@H](CC[C@@H]31)C2. The molecule has 0 aromatic carbocycles. The zero-order valence-corrected chi connectivity index (χ0v) is 6.29. The summed E-state index contributed by atoms with van der Waals surface area (Å²) < 4.78 is 0. The molecule has 5 atom stereocenters. The molecule has 0 aromatic heterocycles. The quantitative estimate of drug-likeness (QED) is 0.536. The highest BCUT2D eigenvalue weighted by molar-refractivity contribution is 5.06. The van der Waals surface area contributed by atoms with Crippen molar-refractivity contribution in [2.75, 3.05) is 0 Å². The Kier molecular flexibility index (Phi) is 0.883. The fourth-order valence-corrected chi connectivity index (χ4v) is 3.82. The van der Waals surface area contributed by atoms with Crippen LogP contribution in [0.1, 0.15) is 25.7 Å². The first-order chi connectivity index (χ1) is 4.86. The summed E-state index contributed by atoms with van der Waals surface area (Å²) >= 11 is 0. The number of nitrogens with two attached hydrogens (primary N) is 1. The average molecular weight is 137 g/mol. The highest BCUT2D eigenvalue weighted by Gasteiger charge is 2.54. The van der Waals surface area contributed by atoms with E-state index in [4.69, 9.17) is 5.73 Å². The Balaban J connectivity index is 2.00. The minimum atomic E-state index is 0.601. The molecular weight excluding hydrogens is 122 g/mol. The van der Waals surface area contributed by atoms with Crippen LogP contribution in [-0.2, 0) is 0 Å². The maximum absolute atomic E-state index is 6.10. The molecule has 10 heavy (non-hydrogen) atoms. The summed E-state index contributed by atoms with van der Waals surface area (Å²) in [7, 11) is 0. The van der Waals surface area contributed by atoms with Gasteiger partial charge in [-0.25, -0.2) is 0 Å². The van der Waals surface area contributed by atoms with Crippen LogP contribution in [0.4, 0.5) is 0 Å². The van der Waals surface area contributed by atoms with E-state index in [-0.39, 0.29) is 0 Å². The molecule has 0 amide bonds. The van der Waals surface area contributed by atoms with Crippen LogP contribution in [0.15, 0.2) is 0 Å². The summed E-state index contributed by atoms with van der Waals surface area (Å²) in [6.07, 6.45) is 5.91. The largest absolute Gasteiger partial charge is 0.327 e. The van der Waals surface area contributed by atoms with Crippen LogP contribution in [0.5, 0.6) is 0 Å². The molecular formula is C9H15N. The van der Waals surface area contributed by atoms with Gasteiger partial charge in [-0.2, -0.15) is 0 Å². The lowest BCUT2D eigenvalue weighted by Crippen LogP contribution is -2.34. The third-order valence-electron chi connectivity index (χ3n) is 4.25. The van der Waals surface area contributed by atoms with Crippen LogP contribution in [0.3, 0.4) is 0 Å². The van der Waals surface area contributed by atoms with Gasteiger partial charge in [0, 0.05) is 6.04 Å². The first kappa shape index (κ1) is 5.59. The van der Waals surface area contributed by atoms with Crippen molar-refractivity contribution in [3.05, 3.63) is 0 Å². The number of hydrogen-bond acceptors (Lipinski definition) is 1. The molecule has 0 radical (unpaired) electrons. The molecule has 3 fully saturated rings. The van der Waals surface area contributed by atoms with Crippen molar-refractivity contribution in [2.45, 2.75) is 31.7 Å². The summed E-state index contributed by atoms with van der Waals surface area (Å²) in [5.41, 5.74) is 6.10. The van der Waals surface area contributed by atoms with Crippen molar-refractivity contribution in [2.24, 2.45) is 29.4 Å². The van der Waals surface area contributed by atoms with Crippen LogP contribution in [-0.4, -0.2) is 6.04 Å². The normalized spacial score (nSPS) is 63.9. The predicted octanol–water partition coefficient (Wildman–Crippen LogP) is 1.38. The van der Waals surface area contributed by atoms with E-state index in [0.29, 0.717) is 6.04 Å². The molecule has 1 nitrogen and oxygen atoms in total. The second kappa shape index (κ2) is 1.58. The Morgan fingerprint density at radius 3 is 2.50 bits per heavy atom. The van der Waals surface area contributed by atoms with Crippen LogP contribution in [0.2, 0.25) is 0 Å². The molecule has 56 valence electrons. The van der Waals surface area contributed by atoms with Gasteiger partial charge >= 0.3 is 0 Å². The monoisotopic (exact) mass is 137 g/mol. The summed E-state index contributed by atoms with van der Waals surface area (Å²) in [6.45, 7) is 0. The van der Waals surface area contributed by atoms with Gasteiger partial charge in [0.05, 0.1) is 0 Å². The van der Waals surface area contributed by atoms with E-state index in [9.17, 15) is 0 Å². The van der Waals surface area contributed by atoms with Gasteiger partial charge in [-0.3, -0.25) is 0 Å².